The third-order valence-corrected chi connectivity index (χ3v) is 5.83. The van der Waals surface area contributed by atoms with Crippen LogP contribution in [0.2, 0.25) is 0 Å². The van der Waals surface area contributed by atoms with Crippen molar-refractivity contribution in [3.63, 3.8) is 0 Å². The van der Waals surface area contributed by atoms with Crippen molar-refractivity contribution in [1.29, 1.82) is 0 Å². The Morgan fingerprint density at radius 3 is 2.59 bits per heavy atom. The van der Waals surface area contributed by atoms with Crippen LogP contribution in [-0.2, 0) is 26.1 Å². The molecule has 0 aliphatic carbocycles. The third-order valence-electron chi connectivity index (χ3n) is 5.83. The van der Waals surface area contributed by atoms with E-state index in [2.05, 4.69) is 10.4 Å². The van der Waals surface area contributed by atoms with Crippen molar-refractivity contribution in [2.24, 2.45) is 0 Å². The molecule has 7 nitrogen and oxygen atoms in total. The molecule has 1 N–H and O–H groups in total. The van der Waals surface area contributed by atoms with Crippen LogP contribution < -0.4 is 15.7 Å². The van der Waals surface area contributed by atoms with E-state index >= 15 is 0 Å². The summed E-state index contributed by atoms with van der Waals surface area (Å²) in [5, 5.41) is 7.59. The highest BCUT2D eigenvalue weighted by Gasteiger charge is 2.22. The normalized spacial score (nSPS) is 15.6. The number of fused-ring (bicyclic) bond motifs is 1. The van der Waals surface area contributed by atoms with Crippen LogP contribution in [0.25, 0.3) is 0 Å². The molecule has 0 saturated carbocycles. The minimum Gasteiger partial charge on any atom is -0.489 e. The van der Waals surface area contributed by atoms with E-state index in [1.165, 1.54) is 5.56 Å². The summed E-state index contributed by atoms with van der Waals surface area (Å²) in [6.45, 7) is 5.75. The van der Waals surface area contributed by atoms with Crippen molar-refractivity contribution in [3.05, 3.63) is 81.5 Å². The maximum absolute atomic E-state index is 12.7. The van der Waals surface area contributed by atoms with E-state index in [0.717, 1.165) is 36.4 Å². The number of nitrogens with zero attached hydrogens (tertiary/aromatic N) is 3. The highest BCUT2D eigenvalue weighted by atomic mass is 16.5. The van der Waals surface area contributed by atoms with Gasteiger partial charge >= 0.3 is 5.69 Å². The van der Waals surface area contributed by atoms with Crippen LogP contribution >= 0.6 is 0 Å². The number of aromatic nitrogens is 3. The minimum atomic E-state index is -0.0936. The van der Waals surface area contributed by atoms with E-state index in [9.17, 15) is 9.59 Å². The van der Waals surface area contributed by atoms with Crippen LogP contribution in [0.1, 0.15) is 53.5 Å². The number of carbonyl (C=O) groups excluding carboxylic acids is 1. The highest BCUT2D eigenvalue weighted by molar-refractivity contribution is 5.94. The molecule has 1 atom stereocenters. The molecular formula is C25H30N4O3. The van der Waals surface area contributed by atoms with Crippen molar-refractivity contribution in [2.75, 3.05) is 0 Å². The van der Waals surface area contributed by atoms with Gasteiger partial charge in [0, 0.05) is 31.1 Å². The SMILES string of the molecule is CCCn1nc2n(c1=O)CCC(NC(=O)c1ccc(COc3ccc(C)cc3)cc1)CC2. The summed E-state index contributed by atoms with van der Waals surface area (Å²) in [5.74, 6) is 1.55. The molecule has 0 saturated heterocycles. The maximum atomic E-state index is 12.7. The number of hydrogen-bond donors (Lipinski definition) is 1. The van der Waals surface area contributed by atoms with Crippen molar-refractivity contribution in [3.8, 4) is 5.75 Å². The van der Waals surface area contributed by atoms with Gasteiger partial charge in [-0.3, -0.25) is 9.36 Å². The van der Waals surface area contributed by atoms with Crippen LogP contribution in [0.4, 0.5) is 0 Å². The molecule has 0 bridgehead atoms. The number of rotatable bonds is 7. The first-order valence-corrected chi connectivity index (χ1v) is 11.3. The first-order chi connectivity index (χ1) is 15.5. The monoisotopic (exact) mass is 434 g/mol. The first-order valence-electron chi connectivity index (χ1n) is 11.3. The molecule has 1 amide bonds. The third kappa shape index (κ3) is 5.10. The van der Waals surface area contributed by atoms with E-state index in [1.54, 1.807) is 9.25 Å². The number of nitrogens with one attached hydrogen (secondary N) is 1. The Labute approximate surface area is 188 Å². The molecule has 4 rings (SSSR count). The lowest BCUT2D eigenvalue weighted by molar-refractivity contribution is 0.0933. The van der Waals surface area contributed by atoms with Gasteiger partial charge in [0.05, 0.1) is 0 Å². The largest absolute Gasteiger partial charge is 0.489 e. The number of carbonyl (C=O) groups is 1. The number of aryl methyl sites for hydroxylation is 3. The molecular weight excluding hydrogens is 404 g/mol. The second kappa shape index (κ2) is 9.85. The van der Waals surface area contributed by atoms with Crippen LogP contribution in [0.3, 0.4) is 0 Å². The zero-order valence-corrected chi connectivity index (χ0v) is 18.7. The van der Waals surface area contributed by atoms with E-state index in [0.29, 0.717) is 31.7 Å². The van der Waals surface area contributed by atoms with Gasteiger partial charge in [0.15, 0.2) is 0 Å². The number of amides is 1. The topological polar surface area (TPSA) is 78.2 Å². The van der Waals surface area contributed by atoms with Gasteiger partial charge in [0.1, 0.15) is 18.2 Å². The van der Waals surface area contributed by atoms with Gasteiger partial charge < -0.3 is 10.1 Å². The fourth-order valence-corrected chi connectivity index (χ4v) is 3.95. The second-order valence-corrected chi connectivity index (χ2v) is 8.37. The van der Waals surface area contributed by atoms with Gasteiger partial charge in [-0.1, -0.05) is 36.8 Å². The van der Waals surface area contributed by atoms with Crippen molar-refractivity contribution in [2.45, 2.75) is 65.3 Å². The zero-order chi connectivity index (χ0) is 22.5. The predicted molar refractivity (Wildman–Crippen MR) is 123 cm³/mol. The van der Waals surface area contributed by atoms with E-state index in [-0.39, 0.29) is 17.6 Å². The lowest BCUT2D eigenvalue weighted by atomic mass is 10.1. The molecule has 2 heterocycles. The number of ether oxygens (including phenoxy) is 1. The van der Waals surface area contributed by atoms with Gasteiger partial charge in [0.25, 0.3) is 5.91 Å². The fraction of sp³-hybridized carbons (Fsp3) is 0.400. The molecule has 3 aromatic rings. The Balaban J connectivity index is 1.31. The van der Waals surface area contributed by atoms with Crippen LogP contribution in [-0.4, -0.2) is 26.3 Å². The molecule has 1 aliphatic heterocycles. The summed E-state index contributed by atoms with van der Waals surface area (Å²) in [6, 6.07) is 15.5. The molecule has 1 unspecified atom stereocenters. The van der Waals surface area contributed by atoms with E-state index in [4.69, 9.17) is 4.74 Å². The summed E-state index contributed by atoms with van der Waals surface area (Å²) >= 11 is 0. The molecule has 32 heavy (non-hydrogen) atoms. The fourth-order valence-electron chi connectivity index (χ4n) is 3.95. The molecule has 2 aromatic carbocycles. The summed E-state index contributed by atoms with van der Waals surface area (Å²) in [5.41, 5.74) is 2.78. The average molecular weight is 435 g/mol. The van der Waals surface area contributed by atoms with E-state index in [1.807, 2.05) is 62.4 Å². The summed E-state index contributed by atoms with van der Waals surface area (Å²) in [6.07, 6.45) is 3.06. The van der Waals surface area contributed by atoms with Gasteiger partial charge in [0.2, 0.25) is 0 Å². The highest BCUT2D eigenvalue weighted by Crippen LogP contribution is 2.15. The Morgan fingerprint density at radius 2 is 1.88 bits per heavy atom. The van der Waals surface area contributed by atoms with Gasteiger partial charge in [-0.25, -0.2) is 9.48 Å². The summed E-state index contributed by atoms with van der Waals surface area (Å²) in [7, 11) is 0. The lowest BCUT2D eigenvalue weighted by Gasteiger charge is -2.16. The van der Waals surface area contributed by atoms with Gasteiger partial charge in [-0.05, 0) is 56.0 Å². The van der Waals surface area contributed by atoms with Gasteiger partial charge in [-0.2, -0.15) is 5.10 Å². The van der Waals surface area contributed by atoms with Crippen LogP contribution in [0.5, 0.6) is 5.75 Å². The van der Waals surface area contributed by atoms with Crippen molar-refractivity contribution in [1.82, 2.24) is 19.7 Å². The van der Waals surface area contributed by atoms with Gasteiger partial charge in [-0.15, -0.1) is 0 Å². The average Bonchev–Trinajstić information content (AvgIpc) is 2.96. The molecule has 0 radical (unpaired) electrons. The zero-order valence-electron chi connectivity index (χ0n) is 18.7. The van der Waals surface area contributed by atoms with Crippen LogP contribution in [0.15, 0.2) is 53.3 Å². The smallest absolute Gasteiger partial charge is 0.345 e. The molecule has 168 valence electrons. The maximum Gasteiger partial charge on any atom is 0.345 e. The van der Waals surface area contributed by atoms with Crippen molar-refractivity contribution >= 4 is 5.91 Å². The Bertz CT molecular complexity index is 1110. The lowest BCUT2D eigenvalue weighted by Crippen LogP contribution is -2.35. The van der Waals surface area contributed by atoms with E-state index < -0.39 is 0 Å². The molecule has 0 spiro atoms. The number of hydrogen-bond acceptors (Lipinski definition) is 4. The Hall–Kier alpha value is -3.35. The molecule has 1 aliphatic rings. The predicted octanol–water partition coefficient (Wildman–Crippen LogP) is 3.48. The second-order valence-electron chi connectivity index (χ2n) is 8.37. The number of benzene rings is 2. The Morgan fingerprint density at radius 1 is 1.12 bits per heavy atom. The molecule has 0 fully saturated rings. The Kier molecular flexibility index (Phi) is 6.73. The summed E-state index contributed by atoms with van der Waals surface area (Å²) < 4.78 is 9.11. The molecule has 1 aromatic heterocycles. The first kappa shape index (κ1) is 21.9. The standard InChI is InChI=1S/C25H30N4O3/c1-3-15-29-25(31)28-16-14-21(10-13-23(28)27-29)26-24(30)20-8-6-19(7-9-20)17-32-22-11-4-18(2)5-12-22/h4-9,11-12,21H,3,10,13-17H2,1-2H3,(H,26,30). The summed E-state index contributed by atoms with van der Waals surface area (Å²) in [4.78, 5) is 25.2. The van der Waals surface area contributed by atoms with Crippen LogP contribution in [0, 0.1) is 6.92 Å². The quantitative estimate of drug-likeness (QED) is 0.618. The molecule has 7 heteroatoms. The van der Waals surface area contributed by atoms with Crippen molar-refractivity contribution < 1.29 is 9.53 Å². The minimum absolute atomic E-state index is 0.0211.